The van der Waals surface area contributed by atoms with E-state index in [9.17, 15) is 4.79 Å². The van der Waals surface area contributed by atoms with Gasteiger partial charge in [0.1, 0.15) is 0 Å². The summed E-state index contributed by atoms with van der Waals surface area (Å²) in [6.45, 7) is 7.87. The molecule has 0 saturated heterocycles. The molecule has 0 unspecified atom stereocenters. The van der Waals surface area contributed by atoms with E-state index in [1.165, 1.54) is 11.3 Å². The van der Waals surface area contributed by atoms with Crippen molar-refractivity contribution in [2.24, 2.45) is 0 Å². The minimum Gasteiger partial charge on any atom is -0.345 e. The Hall–Kier alpha value is -1.59. The van der Waals surface area contributed by atoms with Gasteiger partial charge in [0.15, 0.2) is 0 Å². The van der Waals surface area contributed by atoms with Crippen molar-refractivity contribution in [3.63, 3.8) is 0 Å². The van der Waals surface area contributed by atoms with Gasteiger partial charge in [-0.25, -0.2) is 0 Å². The molecule has 0 bridgehead atoms. The molecule has 5 heteroatoms. The second-order valence-electron chi connectivity index (χ2n) is 6.60. The van der Waals surface area contributed by atoms with Gasteiger partial charge in [0.25, 0.3) is 0 Å². The third kappa shape index (κ3) is 6.61. The maximum atomic E-state index is 12.6. The van der Waals surface area contributed by atoms with Crippen LogP contribution in [-0.2, 0) is 17.9 Å². The van der Waals surface area contributed by atoms with E-state index in [0.29, 0.717) is 13.1 Å². The van der Waals surface area contributed by atoms with Crippen LogP contribution in [0.25, 0.3) is 0 Å². The first-order valence-electron chi connectivity index (χ1n) is 9.51. The Morgan fingerprint density at radius 1 is 1.15 bits per heavy atom. The van der Waals surface area contributed by atoms with Crippen LogP contribution in [0.5, 0.6) is 0 Å². The summed E-state index contributed by atoms with van der Waals surface area (Å²) in [5, 5.41) is 3.23. The molecule has 1 amide bonds. The highest BCUT2D eigenvalue weighted by Gasteiger charge is 2.15. The molecule has 0 aliphatic rings. The standard InChI is InChI=1S/C21H30BrN3O/c1-3-5-13-25(21(26)15-23-12-4-2)17-20-7-6-14-24(20)16-18-8-10-19(22)11-9-18/h6-11,14,23H,3-5,12-13,15-17H2,1-2H3. The number of halogens is 1. The lowest BCUT2D eigenvalue weighted by molar-refractivity contribution is -0.131. The number of carbonyl (C=O) groups is 1. The zero-order chi connectivity index (χ0) is 18.8. The largest absolute Gasteiger partial charge is 0.345 e. The molecule has 1 N–H and O–H groups in total. The maximum Gasteiger partial charge on any atom is 0.236 e. The lowest BCUT2D eigenvalue weighted by Crippen LogP contribution is -2.39. The predicted molar refractivity (Wildman–Crippen MR) is 111 cm³/mol. The van der Waals surface area contributed by atoms with Gasteiger partial charge in [0.05, 0.1) is 13.1 Å². The van der Waals surface area contributed by atoms with E-state index in [-0.39, 0.29) is 5.91 Å². The summed E-state index contributed by atoms with van der Waals surface area (Å²) in [5.74, 6) is 0.184. The van der Waals surface area contributed by atoms with E-state index in [2.05, 4.69) is 82.3 Å². The first-order valence-corrected chi connectivity index (χ1v) is 10.3. The van der Waals surface area contributed by atoms with Crippen molar-refractivity contribution in [2.75, 3.05) is 19.6 Å². The fourth-order valence-electron chi connectivity index (χ4n) is 2.85. The quantitative estimate of drug-likeness (QED) is 0.547. The number of unbranched alkanes of at least 4 members (excludes halogenated alkanes) is 1. The highest BCUT2D eigenvalue weighted by molar-refractivity contribution is 9.10. The van der Waals surface area contributed by atoms with Gasteiger partial charge in [-0.05, 0) is 49.2 Å². The second-order valence-corrected chi connectivity index (χ2v) is 7.52. The minimum atomic E-state index is 0.184. The summed E-state index contributed by atoms with van der Waals surface area (Å²) in [6.07, 6.45) is 5.26. The number of rotatable bonds is 11. The third-order valence-corrected chi connectivity index (χ3v) is 4.91. The highest BCUT2D eigenvalue weighted by atomic mass is 79.9. The van der Waals surface area contributed by atoms with Gasteiger partial charge in [-0.3, -0.25) is 4.79 Å². The summed E-state index contributed by atoms with van der Waals surface area (Å²) in [6, 6.07) is 12.6. The van der Waals surface area contributed by atoms with Gasteiger partial charge in [0, 0.05) is 29.5 Å². The molecule has 0 aliphatic heterocycles. The third-order valence-electron chi connectivity index (χ3n) is 4.38. The van der Waals surface area contributed by atoms with Gasteiger partial charge in [-0.1, -0.05) is 48.3 Å². The van der Waals surface area contributed by atoms with Crippen LogP contribution in [0.15, 0.2) is 47.1 Å². The van der Waals surface area contributed by atoms with Crippen molar-refractivity contribution >= 4 is 21.8 Å². The first kappa shape index (κ1) is 20.7. The fraction of sp³-hybridized carbons (Fsp3) is 0.476. The van der Waals surface area contributed by atoms with Crippen LogP contribution in [0, 0.1) is 0 Å². The average Bonchev–Trinajstić information content (AvgIpc) is 3.07. The fourth-order valence-corrected chi connectivity index (χ4v) is 3.12. The molecular formula is C21H30BrN3O. The molecule has 0 spiro atoms. The SMILES string of the molecule is CCCCN(Cc1cccn1Cc1ccc(Br)cc1)C(=O)CNCCC. The number of aromatic nitrogens is 1. The Kier molecular flexibility index (Phi) is 8.92. The van der Waals surface area contributed by atoms with E-state index in [0.717, 1.165) is 43.4 Å². The first-order chi connectivity index (χ1) is 12.6. The molecular weight excluding hydrogens is 390 g/mol. The average molecular weight is 420 g/mol. The minimum absolute atomic E-state index is 0.184. The molecule has 26 heavy (non-hydrogen) atoms. The number of nitrogens with one attached hydrogen (secondary N) is 1. The van der Waals surface area contributed by atoms with Crippen LogP contribution < -0.4 is 5.32 Å². The van der Waals surface area contributed by atoms with Gasteiger partial charge >= 0.3 is 0 Å². The van der Waals surface area contributed by atoms with Crippen LogP contribution in [0.2, 0.25) is 0 Å². The lowest BCUT2D eigenvalue weighted by Gasteiger charge is -2.24. The van der Waals surface area contributed by atoms with E-state index in [1.54, 1.807) is 0 Å². The number of carbonyl (C=O) groups excluding carboxylic acids is 1. The van der Waals surface area contributed by atoms with E-state index in [4.69, 9.17) is 0 Å². The molecule has 0 aliphatic carbocycles. The topological polar surface area (TPSA) is 37.3 Å². The number of hydrogen-bond donors (Lipinski definition) is 1. The van der Waals surface area contributed by atoms with Crippen molar-refractivity contribution in [3.05, 3.63) is 58.3 Å². The molecule has 1 aromatic carbocycles. The molecule has 142 valence electrons. The summed E-state index contributed by atoms with van der Waals surface area (Å²) >= 11 is 3.48. The monoisotopic (exact) mass is 419 g/mol. The Morgan fingerprint density at radius 2 is 1.92 bits per heavy atom. The smallest absolute Gasteiger partial charge is 0.236 e. The van der Waals surface area contributed by atoms with Gasteiger partial charge in [-0.2, -0.15) is 0 Å². The molecule has 0 radical (unpaired) electrons. The van der Waals surface area contributed by atoms with Crippen LogP contribution in [0.3, 0.4) is 0 Å². The molecule has 4 nitrogen and oxygen atoms in total. The van der Waals surface area contributed by atoms with Crippen LogP contribution >= 0.6 is 15.9 Å². The van der Waals surface area contributed by atoms with Gasteiger partial charge < -0.3 is 14.8 Å². The Bertz CT molecular complexity index is 666. The van der Waals surface area contributed by atoms with Gasteiger partial charge in [-0.15, -0.1) is 0 Å². The van der Waals surface area contributed by atoms with E-state index >= 15 is 0 Å². The molecule has 2 rings (SSSR count). The Labute approximate surface area is 165 Å². The van der Waals surface area contributed by atoms with Crippen LogP contribution in [0.1, 0.15) is 44.4 Å². The summed E-state index contributed by atoms with van der Waals surface area (Å²) in [4.78, 5) is 14.6. The van der Waals surface area contributed by atoms with E-state index in [1.807, 2.05) is 4.90 Å². The normalized spacial score (nSPS) is 10.9. The molecule has 0 atom stereocenters. The highest BCUT2D eigenvalue weighted by Crippen LogP contribution is 2.14. The number of nitrogens with zero attached hydrogens (tertiary/aromatic N) is 2. The molecule has 0 fully saturated rings. The van der Waals surface area contributed by atoms with Crippen molar-refractivity contribution in [3.8, 4) is 0 Å². The zero-order valence-electron chi connectivity index (χ0n) is 15.9. The predicted octanol–water partition coefficient (Wildman–Crippen LogP) is 4.43. The van der Waals surface area contributed by atoms with Crippen LogP contribution in [0.4, 0.5) is 0 Å². The van der Waals surface area contributed by atoms with Crippen LogP contribution in [-0.4, -0.2) is 35.0 Å². The molecule has 2 aromatic rings. The maximum absolute atomic E-state index is 12.6. The van der Waals surface area contributed by atoms with Crippen molar-refractivity contribution < 1.29 is 4.79 Å². The Balaban J connectivity index is 2.04. The lowest BCUT2D eigenvalue weighted by atomic mass is 10.2. The van der Waals surface area contributed by atoms with Crippen molar-refractivity contribution in [2.45, 2.75) is 46.2 Å². The molecule has 1 heterocycles. The number of hydrogen-bond acceptors (Lipinski definition) is 2. The van der Waals surface area contributed by atoms with Crippen molar-refractivity contribution in [1.29, 1.82) is 0 Å². The Morgan fingerprint density at radius 3 is 2.62 bits per heavy atom. The van der Waals surface area contributed by atoms with Crippen molar-refractivity contribution in [1.82, 2.24) is 14.8 Å². The molecule has 0 saturated carbocycles. The number of benzene rings is 1. The summed E-state index contributed by atoms with van der Waals surface area (Å²) in [7, 11) is 0. The molecule has 1 aromatic heterocycles. The summed E-state index contributed by atoms with van der Waals surface area (Å²) in [5.41, 5.74) is 2.43. The van der Waals surface area contributed by atoms with Gasteiger partial charge in [0.2, 0.25) is 5.91 Å². The second kappa shape index (κ2) is 11.2. The van der Waals surface area contributed by atoms with E-state index < -0.39 is 0 Å². The zero-order valence-corrected chi connectivity index (χ0v) is 17.5. The summed E-state index contributed by atoms with van der Waals surface area (Å²) < 4.78 is 3.32. The number of amides is 1.